The van der Waals surface area contributed by atoms with Crippen molar-refractivity contribution < 1.29 is 4.39 Å². The molecule has 2 aromatic carbocycles. The first kappa shape index (κ1) is 23.2. The summed E-state index contributed by atoms with van der Waals surface area (Å²) >= 11 is 12.6. The van der Waals surface area contributed by atoms with E-state index in [1.807, 2.05) is 24.3 Å². The zero-order valence-electron chi connectivity index (χ0n) is 19.7. The zero-order chi connectivity index (χ0) is 24.8. The molecule has 1 fully saturated rings. The fourth-order valence-electron chi connectivity index (χ4n) is 4.78. The van der Waals surface area contributed by atoms with Crippen LogP contribution in [0, 0.1) is 5.82 Å². The smallest absolute Gasteiger partial charge is 0.251 e. The van der Waals surface area contributed by atoms with E-state index in [1.54, 1.807) is 24.4 Å². The molecule has 6 rings (SSSR count). The lowest BCUT2D eigenvalue weighted by atomic mass is 10.0. The van der Waals surface area contributed by atoms with Gasteiger partial charge in [-0.2, -0.15) is 4.98 Å². The fraction of sp³-hybridized carbons (Fsp3) is 0.269. The number of anilines is 2. The molecular weight excluding hydrogens is 500 g/mol. The Bertz CT molecular complexity index is 1490. The Morgan fingerprint density at radius 2 is 1.81 bits per heavy atom. The highest BCUT2D eigenvalue weighted by Gasteiger charge is 2.23. The van der Waals surface area contributed by atoms with Gasteiger partial charge >= 0.3 is 0 Å². The topological polar surface area (TPSA) is 61.6 Å². The Morgan fingerprint density at radius 3 is 2.58 bits per heavy atom. The van der Waals surface area contributed by atoms with Crippen LogP contribution in [-0.2, 0) is 6.54 Å². The van der Waals surface area contributed by atoms with Gasteiger partial charge in [0, 0.05) is 72.9 Å². The SMILES string of the molecule is CN1CCN(c2ccc(N=c3ncc4cc(-c5ccc(Cl)cc5Cl)c5n(c-4n3)CCN5)c(F)c2)CC1. The van der Waals surface area contributed by atoms with E-state index >= 15 is 0 Å². The summed E-state index contributed by atoms with van der Waals surface area (Å²) in [5.74, 6) is 1.26. The molecule has 4 aliphatic heterocycles. The van der Waals surface area contributed by atoms with Gasteiger partial charge in [0.1, 0.15) is 17.3 Å². The Hall–Kier alpha value is -3.20. The summed E-state index contributed by atoms with van der Waals surface area (Å²) < 4.78 is 17.1. The second-order valence-electron chi connectivity index (χ2n) is 9.10. The quantitative estimate of drug-likeness (QED) is 0.413. The van der Waals surface area contributed by atoms with Gasteiger partial charge in [0.15, 0.2) is 5.82 Å². The number of nitrogens with one attached hydrogen (secondary N) is 1. The minimum absolute atomic E-state index is 0.215. The highest BCUT2D eigenvalue weighted by Crippen LogP contribution is 2.40. The third-order valence-electron chi connectivity index (χ3n) is 6.73. The van der Waals surface area contributed by atoms with Crippen LogP contribution in [0.5, 0.6) is 0 Å². The molecule has 10 heteroatoms. The maximum absolute atomic E-state index is 15.0. The maximum Gasteiger partial charge on any atom is 0.251 e. The average Bonchev–Trinajstić information content (AvgIpc) is 3.36. The van der Waals surface area contributed by atoms with Gasteiger partial charge in [0.05, 0.1) is 5.02 Å². The van der Waals surface area contributed by atoms with Crippen molar-refractivity contribution in [1.29, 1.82) is 0 Å². The maximum atomic E-state index is 15.0. The first-order valence-corrected chi connectivity index (χ1v) is 12.6. The molecule has 2 aromatic rings. The molecule has 0 amide bonds. The van der Waals surface area contributed by atoms with E-state index in [-0.39, 0.29) is 17.1 Å². The first-order valence-electron chi connectivity index (χ1n) is 11.8. The van der Waals surface area contributed by atoms with E-state index in [0.29, 0.717) is 10.0 Å². The lowest BCUT2D eigenvalue weighted by Gasteiger charge is -2.34. The highest BCUT2D eigenvalue weighted by molar-refractivity contribution is 6.36. The number of hydrogen-bond donors (Lipinski definition) is 1. The van der Waals surface area contributed by atoms with Crippen LogP contribution in [0.4, 0.5) is 21.6 Å². The van der Waals surface area contributed by atoms with Crippen molar-refractivity contribution in [2.75, 3.05) is 50.0 Å². The summed E-state index contributed by atoms with van der Waals surface area (Å²) in [5, 5.41) is 4.59. The van der Waals surface area contributed by atoms with E-state index in [9.17, 15) is 4.39 Å². The van der Waals surface area contributed by atoms with Crippen LogP contribution in [0.2, 0.25) is 10.0 Å². The number of piperazine rings is 1. The van der Waals surface area contributed by atoms with Gasteiger partial charge < -0.3 is 19.7 Å². The number of hydrogen-bond acceptors (Lipinski definition) is 6. The summed E-state index contributed by atoms with van der Waals surface area (Å²) in [6.45, 7) is 5.16. The predicted molar refractivity (Wildman–Crippen MR) is 142 cm³/mol. The highest BCUT2D eigenvalue weighted by atomic mass is 35.5. The summed E-state index contributed by atoms with van der Waals surface area (Å²) in [6, 6.07) is 12.6. The van der Waals surface area contributed by atoms with Gasteiger partial charge in [0.25, 0.3) is 5.62 Å². The number of halogens is 3. The van der Waals surface area contributed by atoms with Crippen LogP contribution < -0.4 is 15.8 Å². The molecule has 36 heavy (non-hydrogen) atoms. The molecule has 0 aliphatic carbocycles. The minimum atomic E-state index is -0.387. The Labute approximate surface area is 218 Å². The van der Waals surface area contributed by atoms with Crippen LogP contribution >= 0.6 is 23.2 Å². The molecule has 4 heterocycles. The first-order chi connectivity index (χ1) is 17.5. The Balaban J connectivity index is 1.38. The van der Waals surface area contributed by atoms with Crippen molar-refractivity contribution in [2.24, 2.45) is 4.99 Å². The summed E-state index contributed by atoms with van der Waals surface area (Å²) in [6.07, 6.45) is 1.72. The Kier molecular flexibility index (Phi) is 6.03. The molecule has 7 nitrogen and oxygen atoms in total. The van der Waals surface area contributed by atoms with Crippen LogP contribution in [0.15, 0.2) is 53.7 Å². The van der Waals surface area contributed by atoms with E-state index in [4.69, 9.17) is 23.2 Å². The van der Waals surface area contributed by atoms with Crippen molar-refractivity contribution in [3.05, 3.63) is 70.1 Å². The zero-order valence-corrected chi connectivity index (χ0v) is 21.2. The minimum Gasteiger partial charge on any atom is -0.369 e. The van der Waals surface area contributed by atoms with Crippen LogP contribution in [0.25, 0.3) is 22.5 Å². The van der Waals surface area contributed by atoms with E-state index in [1.165, 1.54) is 0 Å². The molecule has 184 valence electrons. The monoisotopic (exact) mass is 523 g/mol. The number of pyridine rings is 1. The molecule has 0 spiro atoms. The van der Waals surface area contributed by atoms with E-state index in [0.717, 1.165) is 73.3 Å². The van der Waals surface area contributed by atoms with Crippen molar-refractivity contribution in [1.82, 2.24) is 19.4 Å². The number of nitrogens with zero attached hydrogens (tertiary/aromatic N) is 6. The van der Waals surface area contributed by atoms with Crippen LogP contribution in [-0.4, -0.2) is 59.2 Å². The predicted octanol–water partition coefficient (Wildman–Crippen LogP) is 4.91. The van der Waals surface area contributed by atoms with Gasteiger partial charge in [0.2, 0.25) is 0 Å². The molecule has 0 unspecified atom stereocenters. The Morgan fingerprint density at radius 1 is 0.972 bits per heavy atom. The number of likely N-dealkylation sites (N-methyl/N-ethyl adjacent to an activating group) is 1. The fourth-order valence-corrected chi connectivity index (χ4v) is 5.29. The second kappa shape index (κ2) is 9.35. The lowest BCUT2D eigenvalue weighted by Crippen LogP contribution is -2.44. The molecule has 0 atom stereocenters. The van der Waals surface area contributed by atoms with Crippen molar-refractivity contribution in [2.45, 2.75) is 6.54 Å². The molecular formula is C26H24Cl2FN7. The van der Waals surface area contributed by atoms with E-state index < -0.39 is 0 Å². The largest absolute Gasteiger partial charge is 0.369 e. The van der Waals surface area contributed by atoms with Gasteiger partial charge in [-0.1, -0.05) is 29.3 Å². The molecule has 1 saturated heterocycles. The summed E-state index contributed by atoms with van der Waals surface area (Å²) in [4.78, 5) is 18.0. The van der Waals surface area contributed by atoms with Crippen molar-refractivity contribution in [3.8, 4) is 22.5 Å². The molecule has 0 aromatic heterocycles. The number of fused-ring (bicyclic) bond motifs is 3. The average molecular weight is 524 g/mol. The standard InChI is InChI=1S/C26H24Cl2FN7/c1-34-8-10-35(11-9-34)18-3-5-23(22(29)14-18)32-26-31-15-16-12-20(19-4-2-17(27)13-21(19)28)25-30-6-7-36(25)24(16)33-26/h2-5,12-15,30H,6-11H2,1H3. The third kappa shape index (κ3) is 4.30. The van der Waals surface area contributed by atoms with E-state index in [2.05, 4.69) is 41.7 Å². The summed E-state index contributed by atoms with van der Waals surface area (Å²) in [7, 11) is 2.10. The normalized spacial score (nSPS) is 16.4. The molecule has 1 N–H and O–H groups in total. The number of aromatic nitrogens is 3. The van der Waals surface area contributed by atoms with Crippen molar-refractivity contribution in [3.63, 3.8) is 0 Å². The molecule has 0 radical (unpaired) electrons. The molecule has 0 saturated carbocycles. The number of rotatable bonds is 3. The van der Waals surface area contributed by atoms with Gasteiger partial charge in [-0.05, 0) is 43.4 Å². The summed E-state index contributed by atoms with van der Waals surface area (Å²) in [5.41, 5.74) is 3.96. The van der Waals surface area contributed by atoms with Gasteiger partial charge in [-0.3, -0.25) is 0 Å². The third-order valence-corrected chi connectivity index (χ3v) is 7.28. The molecule has 4 aliphatic rings. The lowest BCUT2D eigenvalue weighted by molar-refractivity contribution is 0.313. The second-order valence-corrected chi connectivity index (χ2v) is 9.94. The van der Waals surface area contributed by atoms with Crippen LogP contribution in [0.1, 0.15) is 0 Å². The number of benzene rings is 2. The molecule has 0 bridgehead atoms. The van der Waals surface area contributed by atoms with Gasteiger partial charge in [-0.25, -0.2) is 14.4 Å². The van der Waals surface area contributed by atoms with Gasteiger partial charge in [-0.15, -0.1) is 0 Å². The van der Waals surface area contributed by atoms with Crippen molar-refractivity contribution >= 4 is 40.4 Å². The van der Waals surface area contributed by atoms with Crippen LogP contribution in [0.3, 0.4) is 0 Å².